The molecule has 4 heterocycles. The number of hydrogen-bond acceptors (Lipinski definition) is 7. The van der Waals surface area contributed by atoms with E-state index in [2.05, 4.69) is 36.9 Å². The van der Waals surface area contributed by atoms with Crippen molar-refractivity contribution in [2.75, 3.05) is 32.0 Å². The molecule has 0 unspecified atom stereocenters. The Bertz CT molecular complexity index is 841. The summed E-state index contributed by atoms with van der Waals surface area (Å²) in [4.78, 5) is 13.5. The number of furan rings is 1. The molecule has 1 fully saturated rings. The number of nitrogen functional groups attached to an aromatic ring is 1. The van der Waals surface area contributed by atoms with Gasteiger partial charge >= 0.3 is 0 Å². The lowest BCUT2D eigenvalue weighted by Gasteiger charge is -2.25. The van der Waals surface area contributed by atoms with Gasteiger partial charge in [0.15, 0.2) is 16.3 Å². The molecule has 1 saturated heterocycles. The van der Waals surface area contributed by atoms with Gasteiger partial charge in [-0.2, -0.15) is 0 Å². The molecule has 0 amide bonds. The molecule has 0 spiro atoms. The Hall–Kier alpha value is -1.48. The number of fused-ring (bicyclic) bond motifs is 1. The van der Waals surface area contributed by atoms with Gasteiger partial charge in [0.05, 0.1) is 18.6 Å². The number of halogens is 1. The van der Waals surface area contributed by atoms with Crippen molar-refractivity contribution in [2.24, 2.45) is 0 Å². The number of morpholine rings is 1. The molecule has 0 bridgehead atoms. The van der Waals surface area contributed by atoms with E-state index in [-0.39, 0.29) is 0 Å². The number of nitrogens with two attached hydrogens (primary N) is 1. The molecular weight excluding hydrogens is 380 g/mol. The normalized spacial score (nSPS) is 16.2. The quantitative estimate of drug-likeness (QED) is 0.734. The minimum atomic E-state index is 0.488. The Kier molecular flexibility index (Phi) is 4.06. The molecule has 120 valence electrons. The molecule has 0 saturated carbocycles. The third-order valence-electron chi connectivity index (χ3n) is 3.75. The number of ether oxygens (including phenoxy) is 1. The summed E-state index contributed by atoms with van der Waals surface area (Å²) in [5.41, 5.74) is 6.12. The summed E-state index contributed by atoms with van der Waals surface area (Å²) in [6, 6.07) is 5.73. The predicted octanol–water partition coefficient (Wildman–Crippen LogP) is 3.13. The molecule has 0 aromatic carbocycles. The lowest BCUT2D eigenvalue weighted by molar-refractivity contribution is 0.0346. The molecule has 4 rings (SSSR count). The summed E-state index contributed by atoms with van der Waals surface area (Å²) < 4.78 is 11.6. The Balaban J connectivity index is 1.66. The van der Waals surface area contributed by atoms with Crippen LogP contribution in [0.15, 0.2) is 27.3 Å². The largest absolute Gasteiger partial charge is 0.446 e. The number of thiophene rings is 1. The molecular formula is C15H15BrN4O2S. The van der Waals surface area contributed by atoms with Gasteiger partial charge in [0.2, 0.25) is 0 Å². The predicted molar refractivity (Wildman–Crippen MR) is 93.3 cm³/mol. The summed E-state index contributed by atoms with van der Waals surface area (Å²) in [5.74, 6) is 1.61. The van der Waals surface area contributed by atoms with Gasteiger partial charge < -0.3 is 14.9 Å². The van der Waals surface area contributed by atoms with Crippen molar-refractivity contribution >= 4 is 43.3 Å². The molecule has 2 N–H and O–H groups in total. The molecule has 0 radical (unpaired) electrons. The average molecular weight is 395 g/mol. The second-order valence-corrected chi connectivity index (χ2v) is 7.25. The first-order chi connectivity index (χ1) is 11.2. The van der Waals surface area contributed by atoms with Crippen LogP contribution in [0, 0.1) is 0 Å². The summed E-state index contributed by atoms with van der Waals surface area (Å²) in [6.45, 7) is 4.41. The first kappa shape index (κ1) is 15.1. The van der Waals surface area contributed by atoms with E-state index in [0.29, 0.717) is 22.1 Å². The van der Waals surface area contributed by atoms with Crippen molar-refractivity contribution < 1.29 is 9.15 Å². The highest BCUT2D eigenvalue weighted by Crippen LogP contribution is 2.31. The Morgan fingerprint density at radius 1 is 1.26 bits per heavy atom. The molecule has 3 aromatic heterocycles. The lowest BCUT2D eigenvalue weighted by Crippen LogP contribution is -2.35. The molecule has 8 heteroatoms. The van der Waals surface area contributed by atoms with E-state index in [1.54, 1.807) is 11.3 Å². The molecule has 0 atom stereocenters. The average Bonchev–Trinajstić information content (AvgIpc) is 3.14. The van der Waals surface area contributed by atoms with Crippen LogP contribution in [0.2, 0.25) is 0 Å². The SMILES string of the molecule is Nc1nc(-c2ccc(Br)o2)nc2sc(CN3CCOCC3)cc12. The van der Waals surface area contributed by atoms with Gasteiger partial charge in [-0.1, -0.05) is 0 Å². The van der Waals surface area contributed by atoms with Gasteiger partial charge in [0.1, 0.15) is 10.6 Å². The maximum Gasteiger partial charge on any atom is 0.199 e. The van der Waals surface area contributed by atoms with E-state index in [1.807, 2.05) is 12.1 Å². The highest BCUT2D eigenvalue weighted by atomic mass is 79.9. The van der Waals surface area contributed by atoms with Crippen LogP contribution in [-0.4, -0.2) is 41.2 Å². The summed E-state index contributed by atoms with van der Waals surface area (Å²) in [6.07, 6.45) is 0. The van der Waals surface area contributed by atoms with E-state index in [0.717, 1.165) is 43.1 Å². The minimum Gasteiger partial charge on any atom is -0.446 e. The van der Waals surface area contributed by atoms with Gasteiger partial charge in [0.25, 0.3) is 0 Å². The number of rotatable bonds is 3. The second-order valence-electron chi connectivity index (χ2n) is 5.36. The van der Waals surface area contributed by atoms with Crippen molar-refractivity contribution in [3.8, 4) is 11.6 Å². The monoisotopic (exact) mass is 394 g/mol. The summed E-state index contributed by atoms with van der Waals surface area (Å²) >= 11 is 4.94. The molecule has 1 aliphatic rings. The van der Waals surface area contributed by atoms with Crippen LogP contribution in [0.4, 0.5) is 5.82 Å². The fraction of sp³-hybridized carbons (Fsp3) is 0.333. The number of anilines is 1. The van der Waals surface area contributed by atoms with Crippen molar-refractivity contribution in [1.29, 1.82) is 0 Å². The standard InChI is InChI=1S/C15H15BrN4O2S/c16-12-2-1-11(22-12)14-18-13(17)10-7-9(23-15(10)19-14)8-20-3-5-21-6-4-20/h1-2,7H,3-6,8H2,(H2,17,18,19). The molecule has 6 nitrogen and oxygen atoms in total. The van der Waals surface area contributed by atoms with Crippen LogP contribution in [0.5, 0.6) is 0 Å². The zero-order valence-corrected chi connectivity index (χ0v) is 14.7. The lowest BCUT2D eigenvalue weighted by atomic mass is 10.3. The molecule has 1 aliphatic heterocycles. The first-order valence-corrected chi connectivity index (χ1v) is 8.92. The third kappa shape index (κ3) is 3.12. The van der Waals surface area contributed by atoms with Crippen LogP contribution >= 0.6 is 27.3 Å². The maximum atomic E-state index is 6.12. The fourth-order valence-electron chi connectivity index (χ4n) is 2.60. The first-order valence-electron chi connectivity index (χ1n) is 7.31. The minimum absolute atomic E-state index is 0.488. The Morgan fingerprint density at radius 3 is 2.83 bits per heavy atom. The fourth-order valence-corrected chi connectivity index (χ4v) is 3.98. The zero-order valence-electron chi connectivity index (χ0n) is 12.3. The number of aromatic nitrogens is 2. The van der Waals surface area contributed by atoms with E-state index >= 15 is 0 Å². The van der Waals surface area contributed by atoms with Crippen molar-refractivity contribution in [2.45, 2.75) is 6.54 Å². The molecule has 0 aliphatic carbocycles. The Morgan fingerprint density at radius 2 is 2.09 bits per heavy atom. The molecule has 23 heavy (non-hydrogen) atoms. The van der Waals surface area contributed by atoms with E-state index in [4.69, 9.17) is 14.9 Å². The van der Waals surface area contributed by atoms with Crippen LogP contribution in [-0.2, 0) is 11.3 Å². The van der Waals surface area contributed by atoms with Crippen molar-refractivity contribution in [3.63, 3.8) is 0 Å². The zero-order chi connectivity index (χ0) is 15.8. The number of hydrogen-bond donors (Lipinski definition) is 1. The van der Waals surface area contributed by atoms with Crippen molar-refractivity contribution in [3.05, 3.63) is 27.7 Å². The van der Waals surface area contributed by atoms with Crippen LogP contribution < -0.4 is 5.73 Å². The summed E-state index contributed by atoms with van der Waals surface area (Å²) in [5, 5.41) is 0.910. The van der Waals surface area contributed by atoms with Crippen molar-refractivity contribution in [1.82, 2.24) is 14.9 Å². The van der Waals surface area contributed by atoms with Gasteiger partial charge in [-0.25, -0.2) is 9.97 Å². The number of nitrogens with zero attached hydrogens (tertiary/aromatic N) is 3. The third-order valence-corrected chi connectivity index (χ3v) is 5.19. The summed E-state index contributed by atoms with van der Waals surface area (Å²) in [7, 11) is 0. The van der Waals surface area contributed by atoms with Crippen LogP contribution in [0.1, 0.15) is 4.88 Å². The topological polar surface area (TPSA) is 77.4 Å². The van der Waals surface area contributed by atoms with Gasteiger partial charge in [0, 0.05) is 24.5 Å². The molecule has 3 aromatic rings. The van der Waals surface area contributed by atoms with Crippen LogP contribution in [0.3, 0.4) is 0 Å². The van der Waals surface area contributed by atoms with E-state index in [9.17, 15) is 0 Å². The van der Waals surface area contributed by atoms with Gasteiger partial charge in [-0.3, -0.25) is 4.90 Å². The highest BCUT2D eigenvalue weighted by Gasteiger charge is 2.16. The van der Waals surface area contributed by atoms with E-state index in [1.165, 1.54) is 4.88 Å². The smallest absolute Gasteiger partial charge is 0.199 e. The van der Waals surface area contributed by atoms with Gasteiger partial charge in [-0.15, -0.1) is 11.3 Å². The van der Waals surface area contributed by atoms with Gasteiger partial charge in [-0.05, 0) is 34.1 Å². The maximum absolute atomic E-state index is 6.12. The van der Waals surface area contributed by atoms with Crippen LogP contribution in [0.25, 0.3) is 21.8 Å². The highest BCUT2D eigenvalue weighted by molar-refractivity contribution is 9.10. The van der Waals surface area contributed by atoms with E-state index < -0.39 is 0 Å². The second kappa shape index (κ2) is 6.20. The Labute approximate surface area is 145 Å².